The predicted octanol–water partition coefficient (Wildman–Crippen LogP) is 2.88. The maximum atomic E-state index is 11.9. The molecule has 0 radical (unpaired) electrons. The minimum absolute atomic E-state index is 0.110. The maximum absolute atomic E-state index is 11.9. The van der Waals surface area contributed by atoms with E-state index in [0.717, 1.165) is 0 Å². The normalized spacial score (nSPS) is 13.9. The van der Waals surface area contributed by atoms with Crippen LogP contribution in [-0.2, 0) is 14.3 Å². The minimum atomic E-state index is -0.188. The van der Waals surface area contributed by atoms with Gasteiger partial charge < -0.3 is 9.47 Å². The number of carbonyl (C=O) groups excluding carboxylic acids is 1. The summed E-state index contributed by atoms with van der Waals surface area (Å²) in [5, 5.41) is 0. The van der Waals surface area contributed by atoms with Crippen molar-refractivity contribution in [1.82, 2.24) is 0 Å². The van der Waals surface area contributed by atoms with Crippen LogP contribution in [0.15, 0.2) is 0 Å². The number of carbonyl (C=O) groups is 1. The first kappa shape index (κ1) is 15.4. The monoisotopic (exact) mass is 230 g/mol. The first-order valence-corrected chi connectivity index (χ1v) is 6.12. The van der Waals surface area contributed by atoms with Crippen molar-refractivity contribution in [2.75, 3.05) is 19.8 Å². The van der Waals surface area contributed by atoms with Crippen molar-refractivity contribution >= 4 is 5.97 Å². The molecule has 96 valence electrons. The second kappa shape index (κ2) is 6.89. The zero-order valence-corrected chi connectivity index (χ0v) is 11.5. The molecule has 0 aromatic carbocycles. The molecule has 3 nitrogen and oxygen atoms in total. The van der Waals surface area contributed by atoms with Crippen molar-refractivity contribution in [2.24, 2.45) is 17.3 Å². The Morgan fingerprint density at radius 1 is 1.19 bits per heavy atom. The zero-order chi connectivity index (χ0) is 12.8. The van der Waals surface area contributed by atoms with E-state index in [1.54, 1.807) is 0 Å². The molecule has 0 aliphatic heterocycles. The second-order valence-electron chi connectivity index (χ2n) is 4.94. The van der Waals surface area contributed by atoms with E-state index in [2.05, 4.69) is 27.7 Å². The fourth-order valence-electron chi connectivity index (χ4n) is 1.47. The van der Waals surface area contributed by atoms with Gasteiger partial charge in [-0.25, -0.2) is 0 Å². The molecule has 0 spiro atoms. The molecular formula is C13H26O3. The number of rotatable bonds is 7. The van der Waals surface area contributed by atoms with Gasteiger partial charge in [-0.2, -0.15) is 0 Å². The van der Waals surface area contributed by atoms with E-state index in [1.165, 1.54) is 0 Å². The van der Waals surface area contributed by atoms with Crippen molar-refractivity contribution in [3.8, 4) is 0 Å². The van der Waals surface area contributed by atoms with Gasteiger partial charge >= 0.3 is 5.97 Å². The summed E-state index contributed by atoms with van der Waals surface area (Å²) in [6.45, 7) is 13.7. The number of hydrogen-bond acceptors (Lipinski definition) is 3. The maximum Gasteiger partial charge on any atom is 0.311 e. The molecule has 0 aromatic heterocycles. The summed E-state index contributed by atoms with van der Waals surface area (Å²) in [6.07, 6.45) is 0. The molecule has 0 aliphatic rings. The lowest BCUT2D eigenvalue weighted by molar-refractivity contribution is -0.157. The molecule has 0 aliphatic carbocycles. The van der Waals surface area contributed by atoms with Gasteiger partial charge in [-0.3, -0.25) is 4.79 Å². The van der Waals surface area contributed by atoms with Gasteiger partial charge in [0, 0.05) is 6.61 Å². The molecule has 1 atom stereocenters. The Hall–Kier alpha value is -0.570. The van der Waals surface area contributed by atoms with Gasteiger partial charge in [-0.05, 0) is 25.2 Å². The van der Waals surface area contributed by atoms with Gasteiger partial charge in [0.25, 0.3) is 0 Å². The minimum Gasteiger partial charge on any atom is -0.466 e. The first-order valence-electron chi connectivity index (χ1n) is 6.12. The molecule has 0 saturated carbocycles. The molecule has 0 fully saturated rings. The quantitative estimate of drug-likeness (QED) is 0.631. The third-order valence-electron chi connectivity index (χ3n) is 3.45. The van der Waals surface area contributed by atoms with Gasteiger partial charge in [-0.1, -0.05) is 27.7 Å². The standard InChI is InChI=1S/C13H26O3/c1-7-15-9-11(12(14)16-8-2)13(5,6)10(3)4/h10-11H,7-9H2,1-6H3. The molecular weight excluding hydrogens is 204 g/mol. The van der Waals surface area contributed by atoms with Crippen molar-refractivity contribution < 1.29 is 14.3 Å². The molecule has 0 amide bonds. The lowest BCUT2D eigenvalue weighted by Crippen LogP contribution is -2.39. The largest absolute Gasteiger partial charge is 0.466 e. The SMILES string of the molecule is CCOCC(C(=O)OCC)C(C)(C)C(C)C. The molecule has 1 unspecified atom stereocenters. The summed E-state index contributed by atoms with van der Waals surface area (Å²) in [6, 6.07) is 0. The molecule has 0 saturated heterocycles. The fraction of sp³-hybridized carbons (Fsp3) is 0.923. The Bertz CT molecular complexity index is 209. The molecule has 0 aromatic rings. The lowest BCUT2D eigenvalue weighted by atomic mass is 9.71. The Kier molecular flexibility index (Phi) is 6.65. The van der Waals surface area contributed by atoms with E-state index < -0.39 is 0 Å². The highest BCUT2D eigenvalue weighted by Crippen LogP contribution is 2.36. The fourth-order valence-corrected chi connectivity index (χ4v) is 1.47. The summed E-state index contributed by atoms with van der Waals surface area (Å²) in [7, 11) is 0. The van der Waals surface area contributed by atoms with Crippen LogP contribution in [0.2, 0.25) is 0 Å². The van der Waals surface area contributed by atoms with E-state index in [1.807, 2.05) is 13.8 Å². The Balaban J connectivity index is 4.71. The zero-order valence-electron chi connectivity index (χ0n) is 11.5. The molecule has 0 bridgehead atoms. The van der Waals surface area contributed by atoms with Crippen molar-refractivity contribution in [1.29, 1.82) is 0 Å². The summed E-state index contributed by atoms with van der Waals surface area (Å²) in [4.78, 5) is 11.9. The van der Waals surface area contributed by atoms with Gasteiger partial charge in [-0.15, -0.1) is 0 Å². The van der Waals surface area contributed by atoms with Crippen LogP contribution >= 0.6 is 0 Å². The van der Waals surface area contributed by atoms with Crippen LogP contribution in [0.5, 0.6) is 0 Å². The highest BCUT2D eigenvalue weighted by Gasteiger charge is 2.38. The van der Waals surface area contributed by atoms with Crippen LogP contribution in [0.3, 0.4) is 0 Å². The average Bonchev–Trinajstić information content (AvgIpc) is 2.18. The van der Waals surface area contributed by atoms with E-state index in [4.69, 9.17) is 9.47 Å². The number of hydrogen-bond donors (Lipinski definition) is 0. The van der Waals surface area contributed by atoms with Crippen molar-refractivity contribution in [2.45, 2.75) is 41.5 Å². The summed E-state index contributed by atoms with van der Waals surface area (Å²) in [5.41, 5.74) is -0.110. The van der Waals surface area contributed by atoms with Crippen LogP contribution < -0.4 is 0 Å². The number of ether oxygens (including phenoxy) is 2. The molecule has 16 heavy (non-hydrogen) atoms. The first-order chi connectivity index (χ1) is 7.37. The van der Waals surface area contributed by atoms with Crippen molar-refractivity contribution in [3.05, 3.63) is 0 Å². The summed E-state index contributed by atoms with van der Waals surface area (Å²) in [5.74, 6) is 0.0735. The predicted molar refractivity (Wildman–Crippen MR) is 65.2 cm³/mol. The van der Waals surface area contributed by atoms with E-state index in [0.29, 0.717) is 25.7 Å². The molecule has 0 N–H and O–H groups in total. The smallest absolute Gasteiger partial charge is 0.311 e. The van der Waals surface area contributed by atoms with E-state index in [-0.39, 0.29) is 17.3 Å². The lowest BCUT2D eigenvalue weighted by Gasteiger charge is -2.36. The van der Waals surface area contributed by atoms with Gasteiger partial charge in [0.05, 0.1) is 19.1 Å². The Labute approximate surface area is 99.5 Å². The average molecular weight is 230 g/mol. The summed E-state index contributed by atoms with van der Waals surface area (Å²) >= 11 is 0. The van der Waals surface area contributed by atoms with Crippen LogP contribution in [0.25, 0.3) is 0 Å². The molecule has 0 rings (SSSR count). The van der Waals surface area contributed by atoms with Crippen LogP contribution in [0.4, 0.5) is 0 Å². The third kappa shape index (κ3) is 4.12. The molecule has 0 heterocycles. The summed E-state index contributed by atoms with van der Waals surface area (Å²) < 4.78 is 10.5. The van der Waals surface area contributed by atoms with Crippen LogP contribution in [0, 0.1) is 17.3 Å². The Morgan fingerprint density at radius 3 is 2.12 bits per heavy atom. The van der Waals surface area contributed by atoms with Gasteiger partial charge in [0.1, 0.15) is 0 Å². The van der Waals surface area contributed by atoms with E-state index in [9.17, 15) is 4.79 Å². The van der Waals surface area contributed by atoms with Gasteiger partial charge in [0.2, 0.25) is 0 Å². The van der Waals surface area contributed by atoms with Crippen LogP contribution in [0.1, 0.15) is 41.5 Å². The Morgan fingerprint density at radius 2 is 1.75 bits per heavy atom. The van der Waals surface area contributed by atoms with Crippen molar-refractivity contribution in [3.63, 3.8) is 0 Å². The topological polar surface area (TPSA) is 35.5 Å². The van der Waals surface area contributed by atoms with E-state index >= 15 is 0 Å². The molecule has 3 heteroatoms. The number of esters is 1. The highest BCUT2D eigenvalue weighted by atomic mass is 16.5. The third-order valence-corrected chi connectivity index (χ3v) is 3.45. The second-order valence-corrected chi connectivity index (χ2v) is 4.94. The van der Waals surface area contributed by atoms with Gasteiger partial charge in [0.15, 0.2) is 0 Å². The van der Waals surface area contributed by atoms with Crippen LogP contribution in [-0.4, -0.2) is 25.8 Å². The highest BCUT2D eigenvalue weighted by molar-refractivity contribution is 5.73.